The first kappa shape index (κ1) is 15.8. The van der Waals surface area contributed by atoms with Crippen LogP contribution in [0.25, 0.3) is 0 Å². The molecule has 2 fully saturated rings. The van der Waals surface area contributed by atoms with Gasteiger partial charge in [0.25, 0.3) is 0 Å². The number of hydrogen-bond acceptors (Lipinski definition) is 4. The molecule has 2 rings (SSSR count). The monoisotopic (exact) mass is 282 g/mol. The summed E-state index contributed by atoms with van der Waals surface area (Å²) in [4.78, 5) is 14.9. The minimum Gasteiger partial charge on any atom is -0.468 e. The maximum atomic E-state index is 12.4. The van der Waals surface area contributed by atoms with E-state index >= 15 is 0 Å². The van der Waals surface area contributed by atoms with Gasteiger partial charge in [-0.2, -0.15) is 0 Å². The second-order valence-electron chi connectivity index (χ2n) is 6.80. The molecule has 2 unspecified atom stereocenters. The van der Waals surface area contributed by atoms with Gasteiger partial charge in [0.05, 0.1) is 7.11 Å². The normalized spacial score (nSPS) is 26.8. The van der Waals surface area contributed by atoms with Crippen molar-refractivity contribution in [3.8, 4) is 0 Å². The Balaban J connectivity index is 2.06. The minimum absolute atomic E-state index is 0.0742. The molecule has 20 heavy (non-hydrogen) atoms. The predicted molar refractivity (Wildman–Crippen MR) is 80.5 cm³/mol. The molecule has 4 nitrogen and oxygen atoms in total. The Kier molecular flexibility index (Phi) is 5.08. The van der Waals surface area contributed by atoms with Gasteiger partial charge in [-0.25, -0.2) is 4.79 Å². The van der Waals surface area contributed by atoms with Gasteiger partial charge in [-0.15, -0.1) is 0 Å². The van der Waals surface area contributed by atoms with Crippen LogP contribution in [-0.4, -0.2) is 49.7 Å². The summed E-state index contributed by atoms with van der Waals surface area (Å²) in [5, 5.41) is 3.46. The van der Waals surface area contributed by atoms with Crippen LogP contribution in [-0.2, 0) is 9.53 Å². The summed E-state index contributed by atoms with van der Waals surface area (Å²) >= 11 is 0. The van der Waals surface area contributed by atoms with Crippen LogP contribution >= 0.6 is 0 Å². The van der Waals surface area contributed by atoms with Crippen LogP contribution in [0.1, 0.15) is 40.0 Å². The molecule has 1 saturated carbocycles. The van der Waals surface area contributed by atoms with E-state index in [2.05, 4.69) is 31.0 Å². The summed E-state index contributed by atoms with van der Waals surface area (Å²) in [7, 11) is 1.51. The van der Waals surface area contributed by atoms with E-state index in [9.17, 15) is 4.79 Å². The topological polar surface area (TPSA) is 41.6 Å². The summed E-state index contributed by atoms with van der Waals surface area (Å²) in [6.07, 6.45) is 3.54. The Bertz CT molecular complexity index is 341. The highest BCUT2D eigenvalue weighted by molar-refractivity contribution is 5.82. The lowest BCUT2D eigenvalue weighted by Gasteiger charge is -2.35. The minimum atomic E-state index is -0.477. The zero-order valence-corrected chi connectivity index (χ0v) is 13.4. The molecule has 0 bridgehead atoms. The Morgan fingerprint density at radius 1 is 1.40 bits per heavy atom. The van der Waals surface area contributed by atoms with Crippen LogP contribution < -0.4 is 5.32 Å². The molecule has 0 amide bonds. The van der Waals surface area contributed by atoms with Gasteiger partial charge < -0.3 is 15.0 Å². The molecular formula is C16H30N2O2. The number of hydrogen-bond donors (Lipinski definition) is 1. The van der Waals surface area contributed by atoms with Crippen molar-refractivity contribution in [1.82, 2.24) is 10.2 Å². The van der Waals surface area contributed by atoms with Crippen molar-refractivity contribution in [2.45, 2.75) is 45.6 Å². The fourth-order valence-corrected chi connectivity index (χ4v) is 3.61. The number of nitrogens with one attached hydrogen (secondary N) is 1. The maximum Gasteiger partial charge on any atom is 0.327 e. The van der Waals surface area contributed by atoms with Crippen molar-refractivity contribution < 1.29 is 9.53 Å². The van der Waals surface area contributed by atoms with E-state index in [0.29, 0.717) is 5.92 Å². The summed E-state index contributed by atoms with van der Waals surface area (Å²) in [5.74, 6) is 1.88. The van der Waals surface area contributed by atoms with Gasteiger partial charge in [0, 0.05) is 13.1 Å². The number of carbonyl (C=O) groups is 1. The summed E-state index contributed by atoms with van der Waals surface area (Å²) in [6, 6.07) is 0. The van der Waals surface area contributed by atoms with Crippen molar-refractivity contribution in [3.63, 3.8) is 0 Å². The number of likely N-dealkylation sites (N-methyl/N-ethyl adjacent to an activating group) is 1. The lowest BCUT2D eigenvalue weighted by Crippen LogP contribution is -2.61. The molecule has 0 radical (unpaired) electrons. The second kappa shape index (κ2) is 6.44. The fraction of sp³-hybridized carbons (Fsp3) is 0.938. The highest BCUT2D eigenvalue weighted by atomic mass is 16.5. The highest BCUT2D eigenvalue weighted by Gasteiger charge is 2.52. The number of ether oxygens (including phenoxy) is 1. The van der Waals surface area contributed by atoms with Crippen LogP contribution in [0, 0.1) is 17.8 Å². The second-order valence-corrected chi connectivity index (χ2v) is 6.80. The van der Waals surface area contributed by atoms with Crippen LogP contribution in [0.4, 0.5) is 0 Å². The van der Waals surface area contributed by atoms with Crippen molar-refractivity contribution >= 4 is 5.97 Å². The molecule has 4 heteroatoms. The lowest BCUT2D eigenvalue weighted by molar-refractivity contribution is -0.150. The van der Waals surface area contributed by atoms with Crippen LogP contribution in [0.15, 0.2) is 0 Å². The average Bonchev–Trinajstić information content (AvgIpc) is 3.17. The van der Waals surface area contributed by atoms with Gasteiger partial charge in [-0.1, -0.05) is 20.8 Å². The Labute approximate surface area is 123 Å². The van der Waals surface area contributed by atoms with Crippen LogP contribution in [0.5, 0.6) is 0 Å². The number of nitrogens with zero attached hydrogens (tertiary/aromatic N) is 1. The van der Waals surface area contributed by atoms with E-state index in [-0.39, 0.29) is 5.97 Å². The SMILES string of the molecule is CCNC(CN1CCC(C(C)C)C1)(C(=O)OC)C1CC1. The number of rotatable bonds is 7. The van der Waals surface area contributed by atoms with E-state index in [4.69, 9.17) is 4.74 Å². The summed E-state index contributed by atoms with van der Waals surface area (Å²) in [5.41, 5.74) is -0.477. The number of likely N-dealkylation sites (tertiary alicyclic amines) is 1. The highest BCUT2D eigenvalue weighted by Crippen LogP contribution is 2.41. The zero-order chi connectivity index (χ0) is 14.8. The zero-order valence-electron chi connectivity index (χ0n) is 13.4. The molecule has 0 aromatic rings. The van der Waals surface area contributed by atoms with Gasteiger partial charge in [-0.3, -0.25) is 0 Å². The number of esters is 1. The molecule has 1 saturated heterocycles. The standard InChI is InChI=1S/C16H30N2O2/c1-5-17-16(14-6-7-14,15(19)20-4)11-18-9-8-13(10-18)12(2)3/h12-14,17H,5-11H2,1-4H3. The number of methoxy groups -OCH3 is 1. The van der Waals surface area contributed by atoms with E-state index in [1.165, 1.54) is 13.5 Å². The number of carbonyl (C=O) groups excluding carboxylic acids is 1. The summed E-state index contributed by atoms with van der Waals surface area (Å²) in [6.45, 7) is 10.5. The van der Waals surface area contributed by atoms with Crippen molar-refractivity contribution in [3.05, 3.63) is 0 Å². The Morgan fingerprint density at radius 2 is 2.10 bits per heavy atom. The first-order chi connectivity index (χ1) is 9.53. The van der Waals surface area contributed by atoms with Crippen molar-refractivity contribution in [2.75, 3.05) is 33.3 Å². The maximum absolute atomic E-state index is 12.4. The quantitative estimate of drug-likeness (QED) is 0.724. The van der Waals surface area contributed by atoms with Crippen molar-refractivity contribution in [2.24, 2.45) is 17.8 Å². The third-order valence-electron chi connectivity index (χ3n) is 5.04. The molecule has 1 N–H and O–H groups in total. The van der Waals surface area contributed by atoms with Crippen LogP contribution in [0.2, 0.25) is 0 Å². The third kappa shape index (κ3) is 3.17. The van der Waals surface area contributed by atoms with Gasteiger partial charge in [-0.05, 0) is 50.1 Å². The van der Waals surface area contributed by atoms with E-state index < -0.39 is 5.54 Å². The van der Waals surface area contributed by atoms with Gasteiger partial charge in [0.2, 0.25) is 0 Å². The van der Waals surface area contributed by atoms with E-state index in [1.807, 2.05) is 0 Å². The first-order valence-electron chi connectivity index (χ1n) is 8.09. The molecule has 116 valence electrons. The van der Waals surface area contributed by atoms with Crippen LogP contribution in [0.3, 0.4) is 0 Å². The van der Waals surface area contributed by atoms with E-state index in [1.54, 1.807) is 0 Å². The third-order valence-corrected chi connectivity index (χ3v) is 5.04. The summed E-state index contributed by atoms with van der Waals surface area (Å²) < 4.78 is 5.13. The largest absolute Gasteiger partial charge is 0.468 e. The molecule has 1 aliphatic heterocycles. The Morgan fingerprint density at radius 3 is 2.55 bits per heavy atom. The molecule has 2 atom stereocenters. The lowest BCUT2D eigenvalue weighted by atomic mass is 9.91. The van der Waals surface area contributed by atoms with Gasteiger partial charge in [0.15, 0.2) is 0 Å². The van der Waals surface area contributed by atoms with Gasteiger partial charge in [0.1, 0.15) is 5.54 Å². The Hall–Kier alpha value is -0.610. The van der Waals surface area contributed by atoms with E-state index in [0.717, 1.165) is 50.9 Å². The predicted octanol–water partition coefficient (Wildman–Crippen LogP) is 1.90. The molecular weight excluding hydrogens is 252 g/mol. The van der Waals surface area contributed by atoms with Crippen molar-refractivity contribution in [1.29, 1.82) is 0 Å². The molecule has 1 heterocycles. The molecule has 0 aromatic carbocycles. The molecule has 2 aliphatic rings. The average molecular weight is 282 g/mol. The molecule has 1 aliphatic carbocycles. The molecule has 0 aromatic heterocycles. The van der Waals surface area contributed by atoms with Gasteiger partial charge >= 0.3 is 5.97 Å². The molecule has 0 spiro atoms. The first-order valence-corrected chi connectivity index (χ1v) is 8.09. The smallest absolute Gasteiger partial charge is 0.327 e. The fourth-order valence-electron chi connectivity index (χ4n) is 3.61.